The highest BCUT2D eigenvalue weighted by atomic mass is 19.1. The summed E-state index contributed by atoms with van der Waals surface area (Å²) >= 11 is 0. The van der Waals surface area contributed by atoms with E-state index < -0.39 is 5.82 Å². The fourth-order valence-electron chi connectivity index (χ4n) is 3.19. The van der Waals surface area contributed by atoms with Crippen molar-refractivity contribution in [3.8, 4) is 11.5 Å². The van der Waals surface area contributed by atoms with Crippen LogP contribution in [0.1, 0.15) is 11.1 Å². The molecule has 5 nitrogen and oxygen atoms in total. The average Bonchev–Trinajstić information content (AvgIpc) is 3.30. The number of carbonyl (C=O) groups excluding carboxylic acids is 1. The summed E-state index contributed by atoms with van der Waals surface area (Å²) in [6, 6.07) is 9.89. The maximum atomic E-state index is 13.4. The minimum atomic E-state index is -0.394. The maximum Gasteiger partial charge on any atom is 0.260 e. The van der Waals surface area contributed by atoms with Gasteiger partial charge in [0.05, 0.1) is 11.3 Å². The van der Waals surface area contributed by atoms with E-state index in [0.717, 1.165) is 11.1 Å². The van der Waals surface area contributed by atoms with Crippen LogP contribution in [0.15, 0.2) is 48.2 Å². The Morgan fingerprint density at radius 2 is 1.88 bits per heavy atom. The number of allylic oxidation sites excluding steroid dienone is 1. The van der Waals surface area contributed by atoms with Gasteiger partial charge in [-0.15, -0.1) is 0 Å². The summed E-state index contributed by atoms with van der Waals surface area (Å²) in [6.45, 7) is 0.569. The van der Waals surface area contributed by atoms with Gasteiger partial charge in [0.15, 0.2) is 11.5 Å². The van der Waals surface area contributed by atoms with Crippen LogP contribution in [0.25, 0.3) is 11.1 Å². The second kappa shape index (κ2) is 5.11. The summed E-state index contributed by atoms with van der Waals surface area (Å²) in [6.07, 6.45) is 1.84. The minimum absolute atomic E-state index is 0.219. The highest BCUT2D eigenvalue weighted by Gasteiger charge is 2.30. The molecule has 0 saturated carbocycles. The molecule has 3 heterocycles. The number of carbonyl (C=O) groups is 1. The van der Waals surface area contributed by atoms with Crippen LogP contribution < -0.4 is 14.8 Å². The lowest BCUT2D eigenvalue weighted by Crippen LogP contribution is -2.05. The average molecular weight is 337 g/mol. The molecule has 2 aromatic carbocycles. The fraction of sp³-hybridized carbons (Fsp3) is 0.105. The van der Waals surface area contributed by atoms with Crippen molar-refractivity contribution in [1.82, 2.24) is 0 Å². The third kappa shape index (κ3) is 2.18. The van der Waals surface area contributed by atoms with Crippen molar-refractivity contribution < 1.29 is 23.4 Å². The molecule has 1 amide bonds. The van der Waals surface area contributed by atoms with Crippen molar-refractivity contribution in [3.63, 3.8) is 0 Å². The normalized spacial score (nSPS) is 20.2. The Hall–Kier alpha value is -3.28. The molecule has 1 N–H and O–H groups in total. The molecule has 0 aromatic heterocycles. The number of hydrogen-bond acceptors (Lipinski definition) is 4. The second-order valence-electron chi connectivity index (χ2n) is 5.91. The van der Waals surface area contributed by atoms with Crippen molar-refractivity contribution in [1.29, 1.82) is 0 Å². The van der Waals surface area contributed by atoms with Crippen LogP contribution in [0.4, 0.5) is 10.1 Å². The summed E-state index contributed by atoms with van der Waals surface area (Å²) in [5, 5.41) is 2.67. The van der Waals surface area contributed by atoms with Gasteiger partial charge in [-0.1, -0.05) is 6.07 Å². The highest BCUT2D eigenvalue weighted by molar-refractivity contribution is 6.32. The lowest BCUT2D eigenvalue weighted by Gasteiger charge is -2.03. The van der Waals surface area contributed by atoms with Crippen molar-refractivity contribution in [3.05, 3.63) is 65.2 Å². The molecule has 0 unspecified atom stereocenters. The smallest absolute Gasteiger partial charge is 0.260 e. The summed E-state index contributed by atoms with van der Waals surface area (Å²) < 4.78 is 29.8. The van der Waals surface area contributed by atoms with E-state index in [1.807, 2.05) is 24.3 Å². The van der Waals surface area contributed by atoms with Crippen LogP contribution >= 0.6 is 0 Å². The minimum Gasteiger partial charge on any atom is -0.488 e. The molecule has 2 aromatic rings. The molecule has 124 valence electrons. The Labute approximate surface area is 142 Å². The number of rotatable bonds is 1. The van der Waals surface area contributed by atoms with Crippen molar-refractivity contribution in [2.75, 3.05) is 18.7 Å². The Morgan fingerprint density at radius 3 is 2.80 bits per heavy atom. The van der Waals surface area contributed by atoms with E-state index in [4.69, 9.17) is 14.2 Å². The van der Waals surface area contributed by atoms with Crippen LogP contribution in [0, 0.1) is 5.82 Å². The van der Waals surface area contributed by atoms with E-state index in [-0.39, 0.29) is 12.7 Å². The predicted octanol–water partition coefficient (Wildman–Crippen LogP) is 3.33. The van der Waals surface area contributed by atoms with E-state index in [9.17, 15) is 9.18 Å². The van der Waals surface area contributed by atoms with Gasteiger partial charge in [-0.3, -0.25) is 4.79 Å². The molecule has 0 fully saturated rings. The number of nitrogens with one attached hydrogen (secondary N) is 1. The van der Waals surface area contributed by atoms with Crippen molar-refractivity contribution in [2.45, 2.75) is 0 Å². The Bertz CT molecular complexity index is 993. The number of halogens is 1. The number of hydrogen-bond donors (Lipinski definition) is 1. The van der Waals surface area contributed by atoms with Crippen molar-refractivity contribution >= 4 is 22.7 Å². The van der Waals surface area contributed by atoms with Gasteiger partial charge in [0, 0.05) is 11.1 Å². The van der Waals surface area contributed by atoms with Gasteiger partial charge in [-0.25, -0.2) is 4.39 Å². The number of amides is 1. The molecule has 0 atom stereocenters. The van der Waals surface area contributed by atoms with Crippen molar-refractivity contribution in [2.24, 2.45) is 0 Å². The Morgan fingerprint density at radius 1 is 1.00 bits per heavy atom. The summed E-state index contributed by atoms with van der Waals surface area (Å²) in [7, 11) is 0. The SMILES string of the molecule is O=C1Nc2cc(F)ccc2/C1=C1/C=C(c2ccc3c(c2)OCO3)CO1. The zero-order chi connectivity index (χ0) is 17.0. The largest absolute Gasteiger partial charge is 0.488 e. The second-order valence-corrected chi connectivity index (χ2v) is 5.91. The summed E-state index contributed by atoms with van der Waals surface area (Å²) in [4.78, 5) is 12.3. The predicted molar refractivity (Wildman–Crippen MR) is 88.4 cm³/mol. The van der Waals surface area contributed by atoms with Crippen LogP contribution in [-0.4, -0.2) is 19.3 Å². The molecule has 6 heteroatoms. The summed E-state index contributed by atoms with van der Waals surface area (Å²) in [5.41, 5.74) is 3.40. The molecular weight excluding hydrogens is 325 g/mol. The van der Waals surface area contributed by atoms with E-state index in [1.165, 1.54) is 12.1 Å². The van der Waals surface area contributed by atoms with Gasteiger partial charge in [0.2, 0.25) is 6.79 Å². The fourth-order valence-corrected chi connectivity index (χ4v) is 3.19. The van der Waals surface area contributed by atoms with Crippen LogP contribution in [-0.2, 0) is 9.53 Å². The molecule has 0 radical (unpaired) electrons. The van der Waals surface area contributed by atoms with Crippen LogP contribution in [0.3, 0.4) is 0 Å². The van der Waals surface area contributed by atoms with E-state index >= 15 is 0 Å². The quantitative estimate of drug-likeness (QED) is 0.811. The standard InChI is InChI=1S/C19H12FNO4/c20-12-2-3-13-14(7-12)21-19(22)18(13)17-6-11(8-23-17)10-1-4-15-16(5-10)25-9-24-15/h1-7H,8-9H2,(H,21,22)/b18-17+. The molecule has 5 rings (SSSR count). The molecule has 3 aliphatic rings. The number of anilines is 1. The van der Waals surface area contributed by atoms with Gasteiger partial charge in [0.25, 0.3) is 5.91 Å². The Kier molecular flexibility index (Phi) is 2.88. The first-order valence-corrected chi connectivity index (χ1v) is 7.78. The summed E-state index contributed by atoms with van der Waals surface area (Å²) in [5.74, 6) is 1.20. The maximum absolute atomic E-state index is 13.4. The van der Waals surface area contributed by atoms with Crippen LogP contribution in [0.5, 0.6) is 11.5 Å². The zero-order valence-electron chi connectivity index (χ0n) is 13.0. The molecule has 0 aliphatic carbocycles. The van der Waals surface area contributed by atoms with E-state index in [0.29, 0.717) is 40.7 Å². The molecule has 0 saturated heterocycles. The van der Waals surface area contributed by atoms with Gasteiger partial charge >= 0.3 is 0 Å². The van der Waals surface area contributed by atoms with E-state index in [2.05, 4.69) is 5.32 Å². The van der Waals surface area contributed by atoms with E-state index in [1.54, 1.807) is 6.07 Å². The van der Waals surface area contributed by atoms with Gasteiger partial charge < -0.3 is 19.5 Å². The first-order chi connectivity index (χ1) is 12.2. The molecule has 25 heavy (non-hydrogen) atoms. The molecular formula is C19H12FNO4. The zero-order valence-corrected chi connectivity index (χ0v) is 13.0. The number of fused-ring (bicyclic) bond motifs is 2. The number of ether oxygens (including phenoxy) is 3. The first-order valence-electron chi connectivity index (χ1n) is 7.78. The third-order valence-electron chi connectivity index (χ3n) is 4.40. The molecule has 3 aliphatic heterocycles. The van der Waals surface area contributed by atoms with Gasteiger partial charge in [-0.05, 0) is 42.0 Å². The van der Waals surface area contributed by atoms with Gasteiger partial charge in [0.1, 0.15) is 18.2 Å². The number of benzene rings is 2. The molecule has 0 bridgehead atoms. The molecule has 0 spiro atoms. The topological polar surface area (TPSA) is 56.8 Å². The monoisotopic (exact) mass is 337 g/mol. The van der Waals surface area contributed by atoms with Crippen LogP contribution in [0.2, 0.25) is 0 Å². The Balaban J connectivity index is 1.56. The first kappa shape index (κ1) is 14.1. The lowest BCUT2D eigenvalue weighted by molar-refractivity contribution is -0.110. The lowest BCUT2D eigenvalue weighted by atomic mass is 10.0. The third-order valence-corrected chi connectivity index (χ3v) is 4.40. The van der Waals surface area contributed by atoms with Gasteiger partial charge in [-0.2, -0.15) is 0 Å². The highest BCUT2D eigenvalue weighted by Crippen LogP contribution is 2.40.